The molecule has 1 amide bonds. The molecule has 0 atom stereocenters. The number of hydrogen-bond donors (Lipinski definition) is 2. The van der Waals surface area contributed by atoms with Gasteiger partial charge in [0.05, 0.1) is 12.7 Å². The molecule has 5 nitrogen and oxygen atoms in total. The number of carboxylic acid groups (broad SMARTS) is 1. The van der Waals surface area contributed by atoms with Crippen molar-refractivity contribution in [3.05, 3.63) is 65.0 Å². The lowest BCUT2D eigenvalue weighted by atomic mass is 10.1. The van der Waals surface area contributed by atoms with Crippen LogP contribution in [0.2, 0.25) is 0 Å². The summed E-state index contributed by atoms with van der Waals surface area (Å²) in [6.07, 6.45) is 1.21. The largest absolute Gasteiger partial charge is 0.496 e. The van der Waals surface area contributed by atoms with E-state index < -0.39 is 17.7 Å². The molecule has 0 bridgehead atoms. The average Bonchev–Trinajstić information content (AvgIpc) is 2.60. The third-order valence-electron chi connectivity index (χ3n) is 3.76. The number of methoxy groups -OCH3 is 1. The lowest BCUT2D eigenvalue weighted by Gasteiger charge is -2.10. The van der Waals surface area contributed by atoms with Gasteiger partial charge in [0.2, 0.25) is 0 Å². The topological polar surface area (TPSA) is 75.6 Å². The molecule has 2 aromatic rings. The Labute approximate surface area is 145 Å². The molecule has 0 aliphatic heterocycles. The first-order valence-corrected chi connectivity index (χ1v) is 7.91. The van der Waals surface area contributed by atoms with Crippen molar-refractivity contribution < 1.29 is 23.8 Å². The molecule has 2 N–H and O–H groups in total. The first-order valence-electron chi connectivity index (χ1n) is 7.91. The van der Waals surface area contributed by atoms with E-state index in [1.807, 2.05) is 24.3 Å². The van der Waals surface area contributed by atoms with Crippen LogP contribution in [0.15, 0.2) is 42.5 Å². The summed E-state index contributed by atoms with van der Waals surface area (Å²) in [4.78, 5) is 22.7. The zero-order valence-corrected chi connectivity index (χ0v) is 13.9. The second-order valence-corrected chi connectivity index (χ2v) is 5.56. The van der Waals surface area contributed by atoms with Gasteiger partial charge in [-0.3, -0.25) is 9.59 Å². The van der Waals surface area contributed by atoms with Crippen molar-refractivity contribution in [1.82, 2.24) is 5.32 Å². The molecular formula is C19H20FNO4. The number of halogens is 1. The normalized spacial score (nSPS) is 10.3. The van der Waals surface area contributed by atoms with Gasteiger partial charge in [0.25, 0.3) is 5.91 Å². The van der Waals surface area contributed by atoms with E-state index in [0.717, 1.165) is 17.2 Å². The molecule has 0 unspecified atom stereocenters. The molecule has 0 aromatic heterocycles. The molecule has 132 valence electrons. The first kappa shape index (κ1) is 18.4. The summed E-state index contributed by atoms with van der Waals surface area (Å²) >= 11 is 0. The van der Waals surface area contributed by atoms with Crippen LogP contribution in [-0.4, -0.2) is 30.6 Å². The smallest absolute Gasteiger partial charge is 0.303 e. The van der Waals surface area contributed by atoms with Crippen LogP contribution in [0.25, 0.3) is 0 Å². The van der Waals surface area contributed by atoms with E-state index in [9.17, 15) is 14.0 Å². The van der Waals surface area contributed by atoms with Crippen molar-refractivity contribution in [3.8, 4) is 5.75 Å². The average molecular weight is 345 g/mol. The van der Waals surface area contributed by atoms with Crippen molar-refractivity contribution in [2.24, 2.45) is 0 Å². The number of rotatable bonds is 8. The highest BCUT2D eigenvalue weighted by Gasteiger charge is 2.12. The van der Waals surface area contributed by atoms with Crippen LogP contribution in [0.4, 0.5) is 4.39 Å². The second kappa shape index (κ2) is 8.82. The van der Waals surface area contributed by atoms with Gasteiger partial charge in [0.15, 0.2) is 0 Å². The summed E-state index contributed by atoms with van der Waals surface area (Å²) in [7, 11) is 1.43. The lowest BCUT2D eigenvalue weighted by Crippen LogP contribution is -2.26. The van der Waals surface area contributed by atoms with E-state index in [-0.39, 0.29) is 12.0 Å². The highest BCUT2D eigenvalue weighted by atomic mass is 19.1. The standard InChI is InChI=1S/C19H20FNO4/c1-25-17-8-7-15(20)12-16(17)19(24)21-11-10-14-4-2-13(3-5-14)6-9-18(22)23/h2-5,7-8,12H,6,9-11H2,1H3,(H,21,24)(H,22,23). The minimum Gasteiger partial charge on any atom is -0.496 e. The van der Waals surface area contributed by atoms with E-state index >= 15 is 0 Å². The second-order valence-electron chi connectivity index (χ2n) is 5.56. The van der Waals surface area contributed by atoms with E-state index in [4.69, 9.17) is 9.84 Å². The van der Waals surface area contributed by atoms with Crippen LogP contribution in [-0.2, 0) is 17.6 Å². The third-order valence-corrected chi connectivity index (χ3v) is 3.76. The van der Waals surface area contributed by atoms with E-state index in [1.165, 1.54) is 19.2 Å². The van der Waals surface area contributed by atoms with Gasteiger partial charge >= 0.3 is 5.97 Å². The fourth-order valence-corrected chi connectivity index (χ4v) is 2.40. The maximum atomic E-state index is 13.3. The summed E-state index contributed by atoms with van der Waals surface area (Å²) in [5, 5.41) is 11.4. The predicted molar refractivity (Wildman–Crippen MR) is 91.4 cm³/mol. The molecule has 2 aromatic carbocycles. The number of carbonyl (C=O) groups is 2. The predicted octanol–water partition coefficient (Wildman–Crippen LogP) is 2.82. The van der Waals surface area contributed by atoms with Gasteiger partial charge in [-0.1, -0.05) is 24.3 Å². The zero-order valence-electron chi connectivity index (χ0n) is 13.9. The summed E-state index contributed by atoms with van der Waals surface area (Å²) < 4.78 is 18.4. The van der Waals surface area contributed by atoms with Gasteiger partial charge in [-0.15, -0.1) is 0 Å². The Hall–Kier alpha value is -2.89. The summed E-state index contributed by atoms with van der Waals surface area (Å²) in [5.41, 5.74) is 2.14. The molecule has 0 radical (unpaired) electrons. The minimum absolute atomic E-state index is 0.102. The number of benzene rings is 2. The molecule has 6 heteroatoms. The Kier molecular flexibility index (Phi) is 6.51. The van der Waals surface area contributed by atoms with E-state index in [0.29, 0.717) is 25.1 Å². The van der Waals surface area contributed by atoms with E-state index in [2.05, 4.69) is 5.32 Å². The van der Waals surface area contributed by atoms with Crippen molar-refractivity contribution >= 4 is 11.9 Å². The summed E-state index contributed by atoms with van der Waals surface area (Å²) in [6, 6.07) is 11.4. The number of carboxylic acids is 1. The molecule has 0 saturated carbocycles. The van der Waals surface area contributed by atoms with Gasteiger partial charge in [0.1, 0.15) is 11.6 Å². The van der Waals surface area contributed by atoms with Gasteiger partial charge < -0.3 is 15.2 Å². The molecule has 0 spiro atoms. The van der Waals surface area contributed by atoms with Gasteiger partial charge in [0, 0.05) is 13.0 Å². The van der Waals surface area contributed by atoms with Gasteiger partial charge in [-0.05, 0) is 42.2 Å². The van der Waals surface area contributed by atoms with Crippen LogP contribution in [0, 0.1) is 5.82 Å². The summed E-state index contributed by atoms with van der Waals surface area (Å²) in [5.74, 6) is -1.39. The third kappa shape index (κ3) is 5.60. The van der Waals surface area contributed by atoms with E-state index in [1.54, 1.807) is 0 Å². The number of aliphatic carboxylic acids is 1. The molecule has 0 aliphatic rings. The fraction of sp³-hybridized carbons (Fsp3) is 0.263. The highest BCUT2D eigenvalue weighted by molar-refractivity contribution is 5.96. The van der Waals surface area contributed by atoms with Crippen LogP contribution in [0.5, 0.6) is 5.75 Å². The van der Waals surface area contributed by atoms with Crippen LogP contribution >= 0.6 is 0 Å². The Morgan fingerprint density at radius 1 is 1.08 bits per heavy atom. The van der Waals surface area contributed by atoms with Crippen molar-refractivity contribution in [2.45, 2.75) is 19.3 Å². The fourth-order valence-electron chi connectivity index (χ4n) is 2.40. The number of amides is 1. The molecule has 0 fully saturated rings. The molecule has 25 heavy (non-hydrogen) atoms. The van der Waals surface area contributed by atoms with Crippen molar-refractivity contribution in [3.63, 3.8) is 0 Å². The van der Waals surface area contributed by atoms with Crippen LogP contribution in [0.1, 0.15) is 27.9 Å². The Morgan fingerprint density at radius 3 is 2.32 bits per heavy atom. The van der Waals surface area contributed by atoms with Crippen molar-refractivity contribution in [1.29, 1.82) is 0 Å². The Bertz CT molecular complexity index is 744. The molecular weight excluding hydrogens is 325 g/mol. The Balaban J connectivity index is 1.87. The highest BCUT2D eigenvalue weighted by Crippen LogP contribution is 2.19. The number of hydrogen-bond acceptors (Lipinski definition) is 3. The first-order chi connectivity index (χ1) is 12.0. The minimum atomic E-state index is -0.820. The van der Waals surface area contributed by atoms with Crippen LogP contribution in [0.3, 0.4) is 0 Å². The number of ether oxygens (including phenoxy) is 1. The number of nitrogens with one attached hydrogen (secondary N) is 1. The molecule has 0 saturated heterocycles. The van der Waals surface area contributed by atoms with Crippen LogP contribution < -0.4 is 10.1 Å². The van der Waals surface area contributed by atoms with Gasteiger partial charge in [-0.2, -0.15) is 0 Å². The maximum absolute atomic E-state index is 13.3. The molecule has 2 rings (SSSR count). The quantitative estimate of drug-likeness (QED) is 0.771. The summed E-state index contributed by atoms with van der Waals surface area (Å²) in [6.45, 7) is 0.396. The SMILES string of the molecule is COc1ccc(F)cc1C(=O)NCCc1ccc(CCC(=O)O)cc1. The van der Waals surface area contributed by atoms with Crippen molar-refractivity contribution in [2.75, 3.05) is 13.7 Å². The number of carbonyl (C=O) groups excluding carboxylic acids is 1. The maximum Gasteiger partial charge on any atom is 0.303 e. The monoisotopic (exact) mass is 345 g/mol. The number of aryl methyl sites for hydroxylation is 1. The Morgan fingerprint density at radius 2 is 1.72 bits per heavy atom. The molecule has 0 heterocycles. The van der Waals surface area contributed by atoms with Gasteiger partial charge in [-0.25, -0.2) is 4.39 Å². The zero-order chi connectivity index (χ0) is 18.2. The molecule has 0 aliphatic carbocycles. The lowest BCUT2D eigenvalue weighted by molar-refractivity contribution is -0.136.